The minimum Gasteiger partial charge on any atom is -0.441 e. The van der Waals surface area contributed by atoms with E-state index in [0.717, 1.165) is 0 Å². The van der Waals surface area contributed by atoms with Crippen LogP contribution in [0, 0.1) is 0 Å². The maximum absolute atomic E-state index is 11.2. The first-order valence-corrected chi connectivity index (χ1v) is 5.92. The fraction of sp³-hybridized carbons (Fsp3) is 0.818. The van der Waals surface area contributed by atoms with Crippen LogP contribution in [0.25, 0.3) is 0 Å². The van der Waals surface area contributed by atoms with Crippen LogP contribution in [0.2, 0.25) is 0 Å². The molecule has 4 N–H and O–H groups in total. The highest BCUT2D eigenvalue weighted by Gasteiger charge is 2.15. The number of rotatable bonds is 6. The zero-order valence-corrected chi connectivity index (χ0v) is 11.4. The van der Waals surface area contributed by atoms with E-state index in [0.29, 0.717) is 0 Å². The minimum atomic E-state index is -0.938. The van der Waals surface area contributed by atoms with E-state index in [9.17, 15) is 9.59 Å². The lowest BCUT2D eigenvalue weighted by molar-refractivity contribution is -0.120. The molecule has 0 aliphatic carbocycles. The van der Waals surface area contributed by atoms with Gasteiger partial charge in [0.05, 0.1) is 13.2 Å². The van der Waals surface area contributed by atoms with Gasteiger partial charge in [-0.15, -0.1) is 0 Å². The molecular formula is C11H24N2O5. The molecule has 0 rings (SSSR count). The number of hydrogen-bond donors (Lipinski definition) is 4. The monoisotopic (exact) mass is 264 g/mol. The van der Waals surface area contributed by atoms with Crippen LogP contribution in [-0.2, 0) is 9.53 Å². The lowest BCUT2D eigenvalue weighted by atomic mass is 10.2. The Labute approximate surface area is 108 Å². The van der Waals surface area contributed by atoms with Gasteiger partial charge < -0.3 is 25.6 Å². The number of nitrogens with one attached hydrogen (secondary N) is 2. The van der Waals surface area contributed by atoms with E-state index < -0.39 is 25.4 Å². The van der Waals surface area contributed by atoms with E-state index in [4.69, 9.17) is 10.2 Å². The Morgan fingerprint density at radius 2 is 1.72 bits per heavy atom. The van der Waals surface area contributed by atoms with Crippen molar-refractivity contribution in [2.75, 3.05) is 20.3 Å². The maximum Gasteiger partial charge on any atom is 0.407 e. The molecule has 0 heterocycles. The zero-order chi connectivity index (χ0) is 14.6. The molecule has 0 saturated heterocycles. The van der Waals surface area contributed by atoms with E-state index in [2.05, 4.69) is 15.4 Å². The number of aliphatic hydroxyl groups is 2. The molecule has 7 heteroatoms. The molecular weight excluding hydrogens is 240 g/mol. The summed E-state index contributed by atoms with van der Waals surface area (Å²) in [6, 6.07) is -0.384. The van der Waals surface area contributed by atoms with Crippen molar-refractivity contribution in [1.82, 2.24) is 10.6 Å². The molecule has 0 saturated carbocycles. The summed E-state index contributed by atoms with van der Waals surface area (Å²) in [6.07, 6.45) is -1.58. The summed E-state index contributed by atoms with van der Waals surface area (Å²) < 4.78 is 4.65. The van der Waals surface area contributed by atoms with Gasteiger partial charge in [-0.05, 0) is 6.92 Å². The number of amides is 2. The Bertz CT molecular complexity index is 231. The first-order chi connectivity index (χ1) is 8.53. The predicted octanol–water partition coefficient (Wildman–Crippen LogP) is -0.383. The Morgan fingerprint density at radius 1 is 1.22 bits per heavy atom. The molecule has 0 aromatic heterocycles. The molecule has 0 spiro atoms. The molecule has 0 bridgehead atoms. The molecule has 0 aromatic rings. The molecule has 1 atom stereocenters. The number of carbonyl (C=O) groups is 2. The van der Waals surface area contributed by atoms with Gasteiger partial charge >= 0.3 is 6.09 Å². The van der Waals surface area contributed by atoms with Crippen LogP contribution < -0.4 is 10.6 Å². The highest BCUT2D eigenvalue weighted by Crippen LogP contribution is 1.94. The van der Waals surface area contributed by atoms with Crippen LogP contribution in [0.3, 0.4) is 0 Å². The van der Waals surface area contributed by atoms with Gasteiger partial charge in [0.25, 0.3) is 0 Å². The normalized spacial score (nSPS) is 11.1. The summed E-state index contributed by atoms with van der Waals surface area (Å²) >= 11 is 0. The van der Waals surface area contributed by atoms with Crippen LogP contribution in [0.15, 0.2) is 0 Å². The van der Waals surface area contributed by atoms with Crippen molar-refractivity contribution in [2.45, 2.75) is 39.3 Å². The van der Waals surface area contributed by atoms with Gasteiger partial charge in [-0.2, -0.15) is 0 Å². The van der Waals surface area contributed by atoms with E-state index in [1.807, 2.05) is 13.8 Å². The number of ether oxygens (including phenoxy) is 1. The van der Waals surface area contributed by atoms with Crippen LogP contribution in [0.1, 0.15) is 27.2 Å². The van der Waals surface area contributed by atoms with Crippen LogP contribution >= 0.6 is 0 Å². The van der Waals surface area contributed by atoms with E-state index in [1.165, 1.54) is 7.05 Å². The molecule has 0 aliphatic heterocycles. The SMILES string of the molecule is CC.CNC(=O)CC(C)NC(=O)OC(CO)CO. The molecule has 0 aromatic carbocycles. The highest BCUT2D eigenvalue weighted by molar-refractivity contribution is 5.77. The lowest BCUT2D eigenvalue weighted by Gasteiger charge is -2.16. The first kappa shape index (κ1) is 19.0. The molecule has 108 valence electrons. The van der Waals surface area contributed by atoms with Gasteiger partial charge in [0, 0.05) is 19.5 Å². The number of alkyl carbamates (subject to hydrolysis) is 1. The summed E-state index contributed by atoms with van der Waals surface area (Å²) in [5, 5.41) is 22.1. The summed E-state index contributed by atoms with van der Waals surface area (Å²) in [6.45, 7) is 4.74. The molecule has 0 aliphatic rings. The fourth-order valence-corrected chi connectivity index (χ4v) is 0.950. The lowest BCUT2D eigenvalue weighted by Crippen LogP contribution is -2.39. The standard InChI is InChI=1S/C9H18N2O5.C2H6/c1-6(3-8(14)10-2)11-9(15)16-7(4-12)5-13;1-2/h6-7,12-13H,3-5H2,1-2H3,(H,10,14)(H,11,15);1-2H3. The molecule has 1 unspecified atom stereocenters. The van der Waals surface area contributed by atoms with E-state index in [1.54, 1.807) is 6.92 Å². The third-order valence-electron chi connectivity index (χ3n) is 1.82. The van der Waals surface area contributed by atoms with Crippen LogP contribution in [0.5, 0.6) is 0 Å². The third kappa shape index (κ3) is 9.86. The van der Waals surface area contributed by atoms with Gasteiger partial charge in [-0.25, -0.2) is 4.79 Å². The van der Waals surface area contributed by atoms with Crippen molar-refractivity contribution >= 4 is 12.0 Å². The van der Waals surface area contributed by atoms with Crippen molar-refractivity contribution in [1.29, 1.82) is 0 Å². The van der Waals surface area contributed by atoms with Crippen LogP contribution in [0.4, 0.5) is 4.79 Å². The molecule has 0 radical (unpaired) electrons. The number of hydrogen-bond acceptors (Lipinski definition) is 5. The Morgan fingerprint density at radius 3 is 2.11 bits per heavy atom. The second kappa shape index (κ2) is 12.1. The number of aliphatic hydroxyl groups excluding tert-OH is 2. The summed E-state index contributed by atoms with van der Waals surface area (Å²) in [5.74, 6) is -0.200. The minimum absolute atomic E-state index is 0.133. The highest BCUT2D eigenvalue weighted by atomic mass is 16.6. The van der Waals surface area contributed by atoms with Crippen molar-refractivity contribution < 1.29 is 24.5 Å². The first-order valence-electron chi connectivity index (χ1n) is 5.92. The maximum atomic E-state index is 11.2. The van der Waals surface area contributed by atoms with Gasteiger partial charge in [-0.1, -0.05) is 13.8 Å². The van der Waals surface area contributed by atoms with Gasteiger partial charge in [0.2, 0.25) is 5.91 Å². The van der Waals surface area contributed by atoms with Gasteiger partial charge in [-0.3, -0.25) is 4.79 Å². The van der Waals surface area contributed by atoms with E-state index in [-0.39, 0.29) is 18.4 Å². The Hall–Kier alpha value is -1.34. The molecule has 18 heavy (non-hydrogen) atoms. The smallest absolute Gasteiger partial charge is 0.407 e. The summed E-state index contributed by atoms with van der Waals surface area (Å²) in [4.78, 5) is 22.1. The predicted molar refractivity (Wildman–Crippen MR) is 67.1 cm³/mol. The average Bonchev–Trinajstić information content (AvgIpc) is 2.37. The molecule has 7 nitrogen and oxygen atoms in total. The van der Waals surface area contributed by atoms with Crippen LogP contribution in [-0.4, -0.2) is 54.6 Å². The number of carbonyl (C=O) groups excluding carboxylic acids is 2. The fourth-order valence-electron chi connectivity index (χ4n) is 0.950. The summed E-state index contributed by atoms with van der Waals surface area (Å²) in [5.41, 5.74) is 0. The quantitative estimate of drug-likeness (QED) is 0.523. The molecule has 0 fully saturated rings. The average molecular weight is 264 g/mol. The van der Waals surface area contributed by atoms with Crippen molar-refractivity contribution in [3.8, 4) is 0 Å². The Balaban J connectivity index is 0. The molecule has 2 amide bonds. The van der Waals surface area contributed by atoms with Gasteiger partial charge in [0.15, 0.2) is 0 Å². The van der Waals surface area contributed by atoms with Gasteiger partial charge in [0.1, 0.15) is 6.10 Å². The van der Waals surface area contributed by atoms with Crippen molar-refractivity contribution in [3.63, 3.8) is 0 Å². The van der Waals surface area contributed by atoms with Crippen molar-refractivity contribution in [2.24, 2.45) is 0 Å². The third-order valence-corrected chi connectivity index (χ3v) is 1.82. The second-order valence-electron chi connectivity index (χ2n) is 3.32. The van der Waals surface area contributed by atoms with Crippen molar-refractivity contribution in [3.05, 3.63) is 0 Å². The summed E-state index contributed by atoms with van der Waals surface area (Å²) in [7, 11) is 1.50. The van der Waals surface area contributed by atoms with E-state index >= 15 is 0 Å². The topological polar surface area (TPSA) is 108 Å². The second-order valence-corrected chi connectivity index (χ2v) is 3.32. The zero-order valence-electron chi connectivity index (χ0n) is 11.4. The Kier molecular flexibility index (Phi) is 12.8. The largest absolute Gasteiger partial charge is 0.441 e.